The zero-order chi connectivity index (χ0) is 11.9. The van der Waals surface area contributed by atoms with E-state index in [1.54, 1.807) is 6.07 Å². The minimum Gasteiger partial charge on any atom is -0.224 e. The molecule has 1 atom stereocenters. The molecule has 1 aliphatic heterocycles. The quantitative estimate of drug-likeness (QED) is 0.758. The summed E-state index contributed by atoms with van der Waals surface area (Å²) in [4.78, 5) is 0.192. The highest BCUT2D eigenvalue weighted by atomic mass is 32.2. The predicted octanol–water partition coefficient (Wildman–Crippen LogP) is 2.74. The lowest BCUT2D eigenvalue weighted by atomic mass is 9.86. The molecule has 1 aromatic rings. The van der Waals surface area contributed by atoms with Crippen molar-refractivity contribution in [3.63, 3.8) is 0 Å². The summed E-state index contributed by atoms with van der Waals surface area (Å²) in [5, 5.41) is 0. The molecule has 4 heteroatoms. The van der Waals surface area contributed by atoms with Crippen LogP contribution >= 0.6 is 0 Å². The van der Waals surface area contributed by atoms with Crippen molar-refractivity contribution in [3.05, 3.63) is 29.6 Å². The Hall–Kier alpha value is -0.900. The predicted molar refractivity (Wildman–Crippen MR) is 60.6 cm³/mol. The maximum Gasteiger partial charge on any atom is 0.178 e. The molecule has 0 bridgehead atoms. The third kappa shape index (κ3) is 1.86. The molecule has 2 rings (SSSR count). The summed E-state index contributed by atoms with van der Waals surface area (Å²) in [6, 6.07) is 4.11. The highest BCUT2D eigenvalue weighted by molar-refractivity contribution is 7.91. The van der Waals surface area contributed by atoms with Crippen LogP contribution in [0.25, 0.3) is 0 Å². The van der Waals surface area contributed by atoms with Crippen LogP contribution in [-0.2, 0) is 9.84 Å². The van der Waals surface area contributed by atoms with Crippen LogP contribution in [0.1, 0.15) is 31.7 Å². The molecule has 0 N–H and O–H groups in total. The Morgan fingerprint density at radius 3 is 2.69 bits per heavy atom. The molecule has 0 amide bonds. The molecular weight excluding hydrogens is 227 g/mol. The maximum atomic E-state index is 13.1. The van der Waals surface area contributed by atoms with E-state index in [2.05, 4.69) is 13.8 Å². The van der Waals surface area contributed by atoms with Crippen LogP contribution in [0.15, 0.2) is 23.1 Å². The standard InChI is InChI=1S/C12H15FO2S/c1-8(2)10-5-6-16(14,15)12-7-9(13)3-4-11(10)12/h3-4,7-8,10H,5-6H2,1-2H3. The van der Waals surface area contributed by atoms with Crippen LogP contribution in [0, 0.1) is 11.7 Å². The minimum atomic E-state index is -3.27. The lowest BCUT2D eigenvalue weighted by Gasteiger charge is -2.28. The summed E-state index contributed by atoms with van der Waals surface area (Å²) in [6.07, 6.45) is 0.638. The minimum absolute atomic E-state index is 0.131. The number of hydrogen-bond acceptors (Lipinski definition) is 2. The fourth-order valence-electron chi connectivity index (χ4n) is 2.32. The largest absolute Gasteiger partial charge is 0.224 e. The molecule has 0 aromatic heterocycles. The van der Waals surface area contributed by atoms with Crippen molar-refractivity contribution in [2.24, 2.45) is 5.92 Å². The smallest absolute Gasteiger partial charge is 0.178 e. The van der Waals surface area contributed by atoms with Gasteiger partial charge in [-0.2, -0.15) is 0 Å². The summed E-state index contributed by atoms with van der Waals surface area (Å²) in [5.41, 5.74) is 0.780. The lowest BCUT2D eigenvalue weighted by molar-refractivity contribution is 0.462. The van der Waals surface area contributed by atoms with E-state index in [1.807, 2.05) is 0 Å². The summed E-state index contributed by atoms with van der Waals surface area (Å²) in [7, 11) is -3.27. The first kappa shape index (κ1) is 11.6. The van der Waals surface area contributed by atoms with Gasteiger partial charge in [0, 0.05) is 0 Å². The van der Waals surface area contributed by atoms with Crippen molar-refractivity contribution in [1.82, 2.24) is 0 Å². The average Bonchev–Trinajstić information content (AvgIpc) is 2.18. The summed E-state index contributed by atoms with van der Waals surface area (Å²) in [5.74, 6) is 0.248. The molecule has 2 nitrogen and oxygen atoms in total. The Morgan fingerprint density at radius 1 is 1.38 bits per heavy atom. The van der Waals surface area contributed by atoms with E-state index in [9.17, 15) is 12.8 Å². The van der Waals surface area contributed by atoms with E-state index in [1.165, 1.54) is 6.07 Å². The Balaban J connectivity index is 2.62. The number of hydrogen-bond donors (Lipinski definition) is 0. The van der Waals surface area contributed by atoms with Gasteiger partial charge in [0.15, 0.2) is 9.84 Å². The molecule has 1 aliphatic rings. The lowest BCUT2D eigenvalue weighted by Crippen LogP contribution is -2.23. The first-order valence-electron chi connectivity index (χ1n) is 5.44. The molecule has 0 aliphatic carbocycles. The number of benzene rings is 1. The highest BCUT2D eigenvalue weighted by Gasteiger charge is 2.31. The Labute approximate surface area is 95.4 Å². The van der Waals surface area contributed by atoms with E-state index in [-0.39, 0.29) is 16.6 Å². The summed E-state index contributed by atoms with van der Waals surface area (Å²) < 4.78 is 36.8. The molecule has 0 saturated heterocycles. The SMILES string of the molecule is CC(C)C1CCS(=O)(=O)c2cc(F)ccc21. The van der Waals surface area contributed by atoms with Gasteiger partial charge < -0.3 is 0 Å². The molecule has 1 heterocycles. The van der Waals surface area contributed by atoms with E-state index >= 15 is 0 Å². The van der Waals surface area contributed by atoms with E-state index in [0.717, 1.165) is 11.6 Å². The third-order valence-corrected chi connectivity index (χ3v) is 5.01. The second-order valence-electron chi connectivity index (χ2n) is 4.64. The van der Waals surface area contributed by atoms with Gasteiger partial charge in [0.25, 0.3) is 0 Å². The highest BCUT2D eigenvalue weighted by Crippen LogP contribution is 2.38. The number of rotatable bonds is 1. The van der Waals surface area contributed by atoms with Crippen molar-refractivity contribution in [1.29, 1.82) is 0 Å². The van der Waals surface area contributed by atoms with E-state index in [4.69, 9.17) is 0 Å². The number of fused-ring (bicyclic) bond motifs is 1. The zero-order valence-corrected chi connectivity index (χ0v) is 10.2. The van der Waals surface area contributed by atoms with Crippen LogP contribution in [0.2, 0.25) is 0 Å². The van der Waals surface area contributed by atoms with Crippen molar-refractivity contribution < 1.29 is 12.8 Å². The van der Waals surface area contributed by atoms with Crippen LogP contribution in [0.3, 0.4) is 0 Å². The topological polar surface area (TPSA) is 34.1 Å². The molecule has 1 unspecified atom stereocenters. The van der Waals surface area contributed by atoms with Crippen molar-refractivity contribution in [2.75, 3.05) is 5.75 Å². The van der Waals surface area contributed by atoms with Gasteiger partial charge in [-0.15, -0.1) is 0 Å². The zero-order valence-electron chi connectivity index (χ0n) is 9.40. The van der Waals surface area contributed by atoms with Crippen LogP contribution in [0.5, 0.6) is 0 Å². The molecule has 0 saturated carbocycles. The average molecular weight is 242 g/mol. The van der Waals surface area contributed by atoms with Crippen LogP contribution in [-0.4, -0.2) is 14.2 Å². The molecule has 0 radical (unpaired) electrons. The van der Waals surface area contributed by atoms with E-state index < -0.39 is 15.7 Å². The first-order valence-corrected chi connectivity index (χ1v) is 7.09. The van der Waals surface area contributed by atoms with Crippen LogP contribution < -0.4 is 0 Å². The Morgan fingerprint density at radius 2 is 2.06 bits per heavy atom. The molecule has 1 aromatic carbocycles. The van der Waals surface area contributed by atoms with Gasteiger partial charge >= 0.3 is 0 Å². The Kier molecular flexibility index (Phi) is 2.78. The normalized spacial score (nSPS) is 23.1. The van der Waals surface area contributed by atoms with Crippen LogP contribution in [0.4, 0.5) is 4.39 Å². The second kappa shape index (κ2) is 3.84. The number of halogens is 1. The fraction of sp³-hybridized carbons (Fsp3) is 0.500. The molecule has 88 valence electrons. The van der Waals surface area contributed by atoms with Gasteiger partial charge in [-0.3, -0.25) is 0 Å². The summed E-state index contributed by atoms with van der Waals surface area (Å²) in [6.45, 7) is 4.13. The molecule has 16 heavy (non-hydrogen) atoms. The summed E-state index contributed by atoms with van der Waals surface area (Å²) >= 11 is 0. The second-order valence-corrected chi connectivity index (χ2v) is 6.72. The molecule has 0 fully saturated rings. The van der Waals surface area contributed by atoms with Gasteiger partial charge in [-0.05, 0) is 36.0 Å². The van der Waals surface area contributed by atoms with Crippen molar-refractivity contribution in [2.45, 2.75) is 31.1 Å². The first-order chi connectivity index (χ1) is 7.42. The monoisotopic (exact) mass is 242 g/mol. The van der Waals surface area contributed by atoms with Gasteiger partial charge in [0.2, 0.25) is 0 Å². The number of sulfone groups is 1. The van der Waals surface area contributed by atoms with Gasteiger partial charge in [-0.1, -0.05) is 19.9 Å². The fourth-order valence-corrected chi connectivity index (χ4v) is 3.98. The maximum absolute atomic E-state index is 13.1. The molecular formula is C12H15FO2S. The Bertz CT molecular complexity index is 506. The van der Waals surface area contributed by atoms with E-state index in [0.29, 0.717) is 12.3 Å². The van der Waals surface area contributed by atoms with Crippen molar-refractivity contribution >= 4 is 9.84 Å². The van der Waals surface area contributed by atoms with Gasteiger partial charge in [0.05, 0.1) is 10.6 Å². The van der Waals surface area contributed by atoms with Gasteiger partial charge in [-0.25, -0.2) is 12.8 Å². The van der Waals surface area contributed by atoms with Crippen molar-refractivity contribution in [3.8, 4) is 0 Å². The van der Waals surface area contributed by atoms with Gasteiger partial charge in [0.1, 0.15) is 5.82 Å². The third-order valence-electron chi connectivity index (χ3n) is 3.21. The molecule has 0 spiro atoms.